The molecule has 0 aliphatic carbocycles. The second kappa shape index (κ2) is 9.09. The Labute approximate surface area is 162 Å². The first kappa shape index (κ1) is 19.5. The number of ether oxygens (including phenoxy) is 1. The molecule has 8 nitrogen and oxygen atoms in total. The fourth-order valence-electron chi connectivity index (χ4n) is 2.78. The number of nitrogen functional groups attached to an aromatic ring is 1. The van der Waals surface area contributed by atoms with E-state index in [2.05, 4.69) is 20.3 Å². The number of nitrogens with one attached hydrogen (secondary N) is 1. The van der Waals surface area contributed by atoms with E-state index in [1.54, 1.807) is 6.33 Å². The Hall–Kier alpha value is -2.26. The van der Waals surface area contributed by atoms with E-state index >= 15 is 0 Å². The van der Waals surface area contributed by atoms with Crippen LogP contribution in [0.5, 0.6) is 0 Å². The van der Waals surface area contributed by atoms with Gasteiger partial charge in [-0.05, 0) is 37.5 Å². The maximum Gasteiger partial charge on any atom is 0.213 e. The molecule has 0 saturated carbocycles. The molecule has 0 amide bonds. The summed E-state index contributed by atoms with van der Waals surface area (Å²) in [7, 11) is 0. The predicted molar refractivity (Wildman–Crippen MR) is 104 cm³/mol. The summed E-state index contributed by atoms with van der Waals surface area (Å²) in [4.78, 5) is 12.4. The molecule has 0 aliphatic rings. The predicted octanol–water partition coefficient (Wildman–Crippen LogP) is 2.49. The number of aliphatic hydroxyl groups is 1. The van der Waals surface area contributed by atoms with Gasteiger partial charge in [0.05, 0.1) is 12.9 Å². The van der Waals surface area contributed by atoms with Crippen molar-refractivity contribution in [1.29, 1.82) is 0 Å². The van der Waals surface area contributed by atoms with Gasteiger partial charge in [-0.15, -0.1) is 0 Å². The maximum absolute atomic E-state index is 9.99. The highest BCUT2D eigenvalue weighted by Crippen LogP contribution is 2.18. The zero-order valence-electron chi connectivity index (χ0n) is 15.0. The summed E-state index contributed by atoms with van der Waals surface area (Å²) < 4.78 is 7.37. The van der Waals surface area contributed by atoms with Crippen molar-refractivity contribution in [2.45, 2.75) is 38.8 Å². The summed E-state index contributed by atoms with van der Waals surface area (Å²) >= 11 is 5.99. The molecule has 4 N–H and O–H groups in total. The smallest absolute Gasteiger partial charge is 0.213 e. The Kier molecular flexibility index (Phi) is 6.57. The van der Waals surface area contributed by atoms with Crippen LogP contribution in [0.25, 0.3) is 11.2 Å². The fraction of sp³-hybridized carbons (Fsp3) is 0.389. The molecule has 2 heterocycles. The van der Waals surface area contributed by atoms with Crippen molar-refractivity contribution in [2.75, 3.05) is 12.3 Å². The average Bonchev–Trinajstić information content (AvgIpc) is 3.06. The SMILES string of the molecule is C[C@@H](NC(O)OCCCCn1cnc2c(N)ncnc21)c1cccc(Cl)c1. The van der Waals surface area contributed by atoms with Crippen LogP contribution >= 0.6 is 11.6 Å². The van der Waals surface area contributed by atoms with E-state index in [9.17, 15) is 5.11 Å². The lowest BCUT2D eigenvalue weighted by molar-refractivity contribution is -0.126. The molecule has 27 heavy (non-hydrogen) atoms. The Morgan fingerprint density at radius 3 is 2.96 bits per heavy atom. The molecule has 0 radical (unpaired) electrons. The van der Waals surface area contributed by atoms with Crippen LogP contribution in [0.2, 0.25) is 5.02 Å². The van der Waals surface area contributed by atoms with Crippen molar-refractivity contribution in [3.05, 3.63) is 47.5 Å². The van der Waals surface area contributed by atoms with Gasteiger partial charge in [0.25, 0.3) is 0 Å². The Bertz CT molecular complexity index is 887. The summed E-state index contributed by atoms with van der Waals surface area (Å²) in [5.41, 5.74) is 8.10. The van der Waals surface area contributed by atoms with Crippen molar-refractivity contribution in [2.24, 2.45) is 0 Å². The number of unbranched alkanes of at least 4 members (excludes halogenated alkanes) is 1. The van der Waals surface area contributed by atoms with Gasteiger partial charge in [0.15, 0.2) is 11.5 Å². The molecule has 0 fully saturated rings. The minimum absolute atomic E-state index is 0.0823. The van der Waals surface area contributed by atoms with Gasteiger partial charge in [0, 0.05) is 17.6 Å². The van der Waals surface area contributed by atoms with Gasteiger partial charge in [-0.2, -0.15) is 0 Å². The third kappa shape index (κ3) is 5.14. The first-order valence-electron chi connectivity index (χ1n) is 8.77. The highest BCUT2D eigenvalue weighted by Gasteiger charge is 2.11. The topological polar surface area (TPSA) is 111 Å². The Morgan fingerprint density at radius 1 is 1.30 bits per heavy atom. The average molecular weight is 391 g/mol. The number of halogens is 1. The molecular formula is C18H23ClN6O2. The Balaban J connectivity index is 1.39. The largest absolute Gasteiger partial charge is 0.382 e. The molecule has 3 aromatic rings. The van der Waals surface area contributed by atoms with Crippen LogP contribution in [-0.4, -0.2) is 37.6 Å². The molecule has 9 heteroatoms. The molecule has 3 rings (SSSR count). The van der Waals surface area contributed by atoms with Crippen LogP contribution in [0.3, 0.4) is 0 Å². The van der Waals surface area contributed by atoms with E-state index in [4.69, 9.17) is 22.1 Å². The molecule has 0 aliphatic heterocycles. The third-order valence-corrected chi connectivity index (χ3v) is 4.47. The fourth-order valence-corrected chi connectivity index (χ4v) is 2.97. The second-order valence-corrected chi connectivity index (χ2v) is 6.68. The Morgan fingerprint density at radius 2 is 2.15 bits per heavy atom. The quantitative estimate of drug-likeness (QED) is 0.380. The lowest BCUT2D eigenvalue weighted by Crippen LogP contribution is -2.34. The minimum Gasteiger partial charge on any atom is -0.382 e. The van der Waals surface area contributed by atoms with E-state index in [0.717, 1.165) is 30.6 Å². The van der Waals surface area contributed by atoms with Gasteiger partial charge < -0.3 is 20.1 Å². The number of aliphatic hydroxyl groups excluding tert-OH is 1. The molecular weight excluding hydrogens is 368 g/mol. The monoisotopic (exact) mass is 390 g/mol. The summed E-state index contributed by atoms with van der Waals surface area (Å²) in [6.45, 7) is 3.11. The van der Waals surface area contributed by atoms with Gasteiger partial charge in [-0.1, -0.05) is 23.7 Å². The van der Waals surface area contributed by atoms with Crippen molar-refractivity contribution in [1.82, 2.24) is 24.8 Å². The number of aryl methyl sites for hydroxylation is 1. The van der Waals surface area contributed by atoms with Gasteiger partial charge in [-0.3, -0.25) is 5.32 Å². The molecule has 1 unspecified atom stereocenters. The number of hydrogen-bond acceptors (Lipinski definition) is 7. The number of nitrogens with two attached hydrogens (primary N) is 1. The lowest BCUT2D eigenvalue weighted by Gasteiger charge is -2.19. The van der Waals surface area contributed by atoms with E-state index in [0.29, 0.717) is 23.0 Å². The van der Waals surface area contributed by atoms with Crippen molar-refractivity contribution in [3.63, 3.8) is 0 Å². The van der Waals surface area contributed by atoms with E-state index in [1.165, 1.54) is 6.33 Å². The van der Waals surface area contributed by atoms with Crippen molar-refractivity contribution in [3.8, 4) is 0 Å². The maximum atomic E-state index is 9.99. The minimum atomic E-state index is -1.04. The van der Waals surface area contributed by atoms with Gasteiger partial charge in [0.1, 0.15) is 11.8 Å². The normalized spacial score (nSPS) is 13.7. The number of imidazole rings is 1. The number of nitrogens with zero attached hydrogens (tertiary/aromatic N) is 4. The van der Waals surface area contributed by atoms with Crippen LogP contribution in [-0.2, 0) is 11.3 Å². The first-order valence-corrected chi connectivity index (χ1v) is 9.15. The number of benzene rings is 1. The molecule has 144 valence electrons. The van der Waals surface area contributed by atoms with Gasteiger partial charge >= 0.3 is 0 Å². The van der Waals surface area contributed by atoms with E-state index in [1.807, 2.05) is 35.8 Å². The van der Waals surface area contributed by atoms with Crippen molar-refractivity contribution >= 4 is 28.6 Å². The molecule has 0 bridgehead atoms. The first-order chi connectivity index (χ1) is 13.0. The zero-order valence-corrected chi connectivity index (χ0v) is 15.8. The zero-order chi connectivity index (χ0) is 19.2. The van der Waals surface area contributed by atoms with Crippen LogP contribution in [0.15, 0.2) is 36.9 Å². The number of fused-ring (bicyclic) bond motifs is 1. The van der Waals surface area contributed by atoms with Gasteiger partial charge in [-0.25, -0.2) is 15.0 Å². The third-order valence-electron chi connectivity index (χ3n) is 4.24. The standard InChI is InChI=1S/C18H23ClN6O2/c1-12(13-5-4-6-14(19)9-13)24-18(26)27-8-3-2-7-25-11-23-15-16(20)21-10-22-17(15)25/h4-6,9-12,18,24,26H,2-3,7-8H2,1H3,(H2,20,21,22)/t12-,18?/m1/s1. The number of rotatable bonds is 9. The van der Waals surface area contributed by atoms with Crippen molar-refractivity contribution < 1.29 is 9.84 Å². The van der Waals surface area contributed by atoms with E-state index < -0.39 is 6.41 Å². The van der Waals surface area contributed by atoms with Gasteiger partial charge in [0.2, 0.25) is 6.41 Å². The molecule has 0 spiro atoms. The summed E-state index contributed by atoms with van der Waals surface area (Å²) in [5.74, 6) is 0.380. The summed E-state index contributed by atoms with van der Waals surface area (Å²) in [6.07, 6.45) is 3.73. The van der Waals surface area contributed by atoms with Crippen LogP contribution < -0.4 is 11.1 Å². The second-order valence-electron chi connectivity index (χ2n) is 6.24. The lowest BCUT2D eigenvalue weighted by atomic mass is 10.1. The van der Waals surface area contributed by atoms with Crippen LogP contribution in [0.4, 0.5) is 5.82 Å². The van der Waals surface area contributed by atoms with Crippen LogP contribution in [0, 0.1) is 0 Å². The molecule has 1 aromatic carbocycles. The van der Waals surface area contributed by atoms with E-state index in [-0.39, 0.29) is 6.04 Å². The molecule has 2 atom stereocenters. The molecule has 2 aromatic heterocycles. The number of anilines is 1. The highest BCUT2D eigenvalue weighted by molar-refractivity contribution is 6.30. The summed E-state index contributed by atoms with van der Waals surface area (Å²) in [5, 5.41) is 13.6. The van der Waals surface area contributed by atoms with Crippen LogP contribution in [0.1, 0.15) is 31.4 Å². The molecule has 0 saturated heterocycles. The number of hydrogen-bond donors (Lipinski definition) is 3. The highest BCUT2D eigenvalue weighted by atomic mass is 35.5. The number of aromatic nitrogens is 4. The summed E-state index contributed by atoms with van der Waals surface area (Å²) in [6, 6.07) is 7.41.